The summed E-state index contributed by atoms with van der Waals surface area (Å²) in [4.78, 5) is 20.9. The summed E-state index contributed by atoms with van der Waals surface area (Å²) in [6.45, 7) is 5.94. The first-order chi connectivity index (χ1) is 21.0. The van der Waals surface area contributed by atoms with E-state index in [2.05, 4.69) is 27.5 Å². The highest BCUT2D eigenvalue weighted by Crippen LogP contribution is 2.43. The minimum atomic E-state index is -4.63. The number of aromatic nitrogens is 1. The zero-order valence-electron chi connectivity index (χ0n) is 25.0. The number of likely N-dealkylation sites (N-methyl/N-ethyl adjacent to an activating group) is 2. The first-order valence-electron chi connectivity index (χ1n) is 14.1. The number of aliphatic imine (C=N–C) groups is 1. The SMILES string of the molecule is C=CC(=O)Nc1cc(NC2=NC(c3cn(C4COC4)c4ccccc34)C(C(F)(F)F)=CN2)c(OC)cc1N(C)CCN(C)C. The Kier molecular flexibility index (Phi) is 8.88. The Bertz CT molecular complexity index is 1610. The summed E-state index contributed by atoms with van der Waals surface area (Å²) in [6, 6.07) is 9.47. The van der Waals surface area contributed by atoms with Gasteiger partial charge in [0.25, 0.3) is 0 Å². The van der Waals surface area contributed by atoms with E-state index in [4.69, 9.17) is 9.47 Å². The number of ether oxygens (including phenoxy) is 2. The average molecular weight is 612 g/mol. The fourth-order valence-corrected chi connectivity index (χ4v) is 5.17. The summed E-state index contributed by atoms with van der Waals surface area (Å²) in [5.41, 5.74) is 1.97. The number of guanidine groups is 1. The number of nitrogens with zero attached hydrogens (tertiary/aromatic N) is 4. The monoisotopic (exact) mass is 611 g/mol. The van der Waals surface area contributed by atoms with Crippen molar-refractivity contribution in [3.63, 3.8) is 0 Å². The van der Waals surface area contributed by atoms with E-state index in [1.807, 2.05) is 53.7 Å². The Balaban J connectivity index is 1.54. The average Bonchev–Trinajstić information content (AvgIpc) is 3.33. The summed E-state index contributed by atoms with van der Waals surface area (Å²) >= 11 is 0. The van der Waals surface area contributed by atoms with Gasteiger partial charge in [0.1, 0.15) is 11.8 Å². The maximum atomic E-state index is 14.3. The maximum Gasteiger partial charge on any atom is 0.416 e. The maximum absolute atomic E-state index is 14.3. The standard InChI is InChI=1S/C31H36F3N7O3/c1-6-28(42)36-23-13-24(27(43-5)14-26(23)40(4)12-11-39(2)3)37-30-35-15-22(31(32,33)34)29(38-30)21-16-41(19-17-44-18-19)25-10-8-7-9-20(21)25/h6-10,13-16,19,29H,1,11-12,17-18H2,2-5H3,(H,36,42)(H2,35,37,38). The molecule has 1 aromatic heterocycles. The molecule has 44 heavy (non-hydrogen) atoms. The van der Waals surface area contributed by atoms with Crippen LogP contribution in [0.4, 0.5) is 30.2 Å². The van der Waals surface area contributed by atoms with Gasteiger partial charge in [-0.25, -0.2) is 4.99 Å². The molecule has 2 aliphatic heterocycles. The van der Waals surface area contributed by atoms with Crippen LogP contribution in [-0.2, 0) is 9.53 Å². The molecular formula is C31H36F3N7O3. The molecular weight excluding hydrogens is 575 g/mol. The fraction of sp³-hybridized carbons (Fsp3) is 0.355. The lowest BCUT2D eigenvalue weighted by atomic mass is 9.98. The highest BCUT2D eigenvalue weighted by atomic mass is 19.4. The number of hydrogen-bond acceptors (Lipinski definition) is 8. The van der Waals surface area contributed by atoms with Crippen molar-refractivity contribution in [3.8, 4) is 5.75 Å². The lowest BCUT2D eigenvalue weighted by Crippen LogP contribution is -2.35. The molecule has 0 saturated carbocycles. The van der Waals surface area contributed by atoms with Crippen LogP contribution >= 0.6 is 0 Å². The molecule has 3 N–H and O–H groups in total. The van der Waals surface area contributed by atoms with Gasteiger partial charge in [0.15, 0.2) is 0 Å². The van der Waals surface area contributed by atoms with Gasteiger partial charge in [0.05, 0.1) is 49.0 Å². The Morgan fingerprint density at radius 2 is 1.95 bits per heavy atom. The third-order valence-electron chi connectivity index (χ3n) is 7.63. The summed E-state index contributed by atoms with van der Waals surface area (Å²) < 4.78 is 56.0. The lowest BCUT2D eigenvalue weighted by Gasteiger charge is -2.28. The van der Waals surface area contributed by atoms with Crippen LogP contribution in [0, 0.1) is 0 Å². The molecule has 3 aromatic rings. The van der Waals surface area contributed by atoms with Crippen molar-refractivity contribution >= 4 is 39.8 Å². The van der Waals surface area contributed by atoms with Gasteiger partial charge >= 0.3 is 6.18 Å². The van der Waals surface area contributed by atoms with E-state index in [1.165, 1.54) is 7.11 Å². The third kappa shape index (κ3) is 6.38. The lowest BCUT2D eigenvalue weighted by molar-refractivity contribution is -0.111. The number of rotatable bonds is 10. The number of anilines is 3. The van der Waals surface area contributed by atoms with Crippen molar-refractivity contribution in [2.24, 2.45) is 4.99 Å². The van der Waals surface area contributed by atoms with Gasteiger partial charge in [0.2, 0.25) is 11.9 Å². The number of fused-ring (bicyclic) bond motifs is 1. The number of carbonyl (C=O) groups is 1. The number of alkyl halides is 3. The molecule has 234 valence electrons. The zero-order chi connectivity index (χ0) is 31.6. The molecule has 2 aliphatic rings. The number of halogens is 3. The molecule has 10 nitrogen and oxygen atoms in total. The van der Waals surface area contributed by atoms with Crippen LogP contribution in [0.25, 0.3) is 10.9 Å². The van der Waals surface area contributed by atoms with Crippen molar-refractivity contribution < 1.29 is 27.4 Å². The molecule has 1 amide bonds. The smallest absolute Gasteiger partial charge is 0.416 e. The first-order valence-corrected chi connectivity index (χ1v) is 14.1. The van der Waals surface area contributed by atoms with Crippen molar-refractivity contribution in [2.45, 2.75) is 18.3 Å². The molecule has 13 heteroatoms. The van der Waals surface area contributed by atoms with E-state index in [-0.39, 0.29) is 12.0 Å². The highest BCUT2D eigenvalue weighted by molar-refractivity contribution is 6.04. The van der Waals surface area contributed by atoms with Crippen LogP contribution in [0.15, 0.2) is 72.0 Å². The molecule has 1 unspecified atom stereocenters. The first kappa shape index (κ1) is 31.0. The summed E-state index contributed by atoms with van der Waals surface area (Å²) in [7, 11) is 7.31. The number of carbonyl (C=O) groups excluding carboxylic acids is 1. The largest absolute Gasteiger partial charge is 0.494 e. The van der Waals surface area contributed by atoms with Crippen molar-refractivity contribution in [1.82, 2.24) is 14.8 Å². The van der Waals surface area contributed by atoms with Crippen LogP contribution in [0.3, 0.4) is 0 Å². The Hall–Kier alpha value is -4.49. The topological polar surface area (TPSA) is 95.4 Å². The van der Waals surface area contributed by atoms with E-state index in [1.54, 1.807) is 24.4 Å². The number of methoxy groups -OCH3 is 1. The number of para-hydroxylation sites is 1. The second kappa shape index (κ2) is 12.6. The predicted molar refractivity (Wildman–Crippen MR) is 167 cm³/mol. The minimum absolute atomic E-state index is 0.0399. The molecule has 1 atom stereocenters. The summed E-state index contributed by atoms with van der Waals surface area (Å²) in [6.07, 6.45) is -0.784. The molecule has 1 fully saturated rings. The summed E-state index contributed by atoms with van der Waals surface area (Å²) in [5.74, 6) is 0.0731. The van der Waals surface area contributed by atoms with Gasteiger partial charge in [0, 0.05) is 55.1 Å². The second-order valence-corrected chi connectivity index (χ2v) is 10.9. The predicted octanol–water partition coefficient (Wildman–Crippen LogP) is 4.90. The molecule has 2 aromatic carbocycles. The highest BCUT2D eigenvalue weighted by Gasteiger charge is 2.42. The van der Waals surface area contributed by atoms with Gasteiger partial charge in [-0.15, -0.1) is 0 Å². The van der Waals surface area contributed by atoms with Crippen molar-refractivity contribution in [3.05, 3.63) is 72.6 Å². The van der Waals surface area contributed by atoms with E-state index in [9.17, 15) is 18.0 Å². The van der Waals surface area contributed by atoms with Crippen LogP contribution in [-0.4, -0.2) is 82.1 Å². The number of nitrogens with one attached hydrogen (secondary N) is 3. The Morgan fingerprint density at radius 1 is 1.20 bits per heavy atom. The molecule has 0 radical (unpaired) electrons. The minimum Gasteiger partial charge on any atom is -0.494 e. The number of amides is 1. The Morgan fingerprint density at radius 3 is 2.59 bits per heavy atom. The normalized spacial score (nSPS) is 17.0. The summed E-state index contributed by atoms with van der Waals surface area (Å²) in [5, 5.41) is 9.27. The van der Waals surface area contributed by atoms with E-state index in [0.717, 1.165) is 24.3 Å². The molecule has 0 spiro atoms. The van der Waals surface area contributed by atoms with Gasteiger partial charge in [-0.3, -0.25) is 4.79 Å². The molecule has 5 rings (SSSR count). The van der Waals surface area contributed by atoms with Crippen molar-refractivity contribution in [2.75, 3.05) is 70.1 Å². The fourth-order valence-electron chi connectivity index (χ4n) is 5.17. The second-order valence-electron chi connectivity index (χ2n) is 10.9. The number of benzene rings is 2. The Labute approximate surface area is 253 Å². The van der Waals surface area contributed by atoms with Gasteiger partial charge in [-0.1, -0.05) is 24.8 Å². The van der Waals surface area contributed by atoms with Crippen LogP contribution in [0.5, 0.6) is 5.75 Å². The third-order valence-corrected chi connectivity index (χ3v) is 7.63. The molecule has 0 bridgehead atoms. The molecule has 1 saturated heterocycles. The van der Waals surface area contributed by atoms with E-state index in [0.29, 0.717) is 53.5 Å². The quantitative estimate of drug-likeness (QED) is 0.281. The van der Waals surface area contributed by atoms with E-state index >= 15 is 0 Å². The van der Waals surface area contributed by atoms with Gasteiger partial charge in [-0.2, -0.15) is 13.2 Å². The molecule has 3 heterocycles. The van der Waals surface area contributed by atoms with Gasteiger partial charge in [-0.05, 0) is 32.3 Å². The van der Waals surface area contributed by atoms with Crippen LogP contribution in [0.2, 0.25) is 0 Å². The van der Waals surface area contributed by atoms with Crippen LogP contribution in [0.1, 0.15) is 17.6 Å². The molecule has 0 aliphatic carbocycles. The van der Waals surface area contributed by atoms with Crippen LogP contribution < -0.4 is 25.6 Å². The van der Waals surface area contributed by atoms with Crippen molar-refractivity contribution in [1.29, 1.82) is 0 Å². The van der Waals surface area contributed by atoms with E-state index < -0.39 is 23.7 Å². The number of hydrogen-bond donors (Lipinski definition) is 3. The zero-order valence-corrected chi connectivity index (χ0v) is 25.0. The van der Waals surface area contributed by atoms with Gasteiger partial charge < -0.3 is 39.8 Å².